The summed E-state index contributed by atoms with van der Waals surface area (Å²) in [6.45, 7) is 10.5. The van der Waals surface area contributed by atoms with Gasteiger partial charge in [-0.05, 0) is 66.8 Å². The van der Waals surface area contributed by atoms with Crippen molar-refractivity contribution in [3.63, 3.8) is 0 Å². The Morgan fingerprint density at radius 1 is 1.06 bits per heavy atom. The van der Waals surface area contributed by atoms with Crippen molar-refractivity contribution in [2.75, 3.05) is 24.3 Å². The molecule has 2 amide bonds. The van der Waals surface area contributed by atoms with E-state index in [1.54, 1.807) is 4.90 Å². The maximum Gasteiger partial charge on any atom is 0.254 e. The molecule has 2 aromatic carbocycles. The molecule has 0 spiro atoms. The minimum absolute atomic E-state index is 0.0123. The van der Waals surface area contributed by atoms with E-state index in [0.717, 1.165) is 17.7 Å². The SMILES string of the molecule is CCC(C)N(Cc1cc(NC(=O)CC(C)(C)C)ccc1N(C)C)C(=O)c1ccc(F)cc1. The van der Waals surface area contributed by atoms with Gasteiger partial charge in [-0.25, -0.2) is 4.39 Å². The van der Waals surface area contributed by atoms with Crippen LogP contribution >= 0.6 is 0 Å². The second-order valence-corrected chi connectivity index (χ2v) is 9.72. The van der Waals surface area contributed by atoms with Crippen LogP contribution in [0, 0.1) is 11.2 Å². The van der Waals surface area contributed by atoms with E-state index in [-0.39, 0.29) is 29.1 Å². The second-order valence-electron chi connectivity index (χ2n) is 9.72. The van der Waals surface area contributed by atoms with Crippen molar-refractivity contribution in [3.05, 3.63) is 59.4 Å². The highest BCUT2D eigenvalue weighted by Crippen LogP contribution is 2.27. The van der Waals surface area contributed by atoms with Gasteiger partial charge < -0.3 is 15.1 Å². The van der Waals surface area contributed by atoms with Crippen molar-refractivity contribution >= 4 is 23.2 Å². The molecule has 0 heterocycles. The topological polar surface area (TPSA) is 52.7 Å². The third kappa shape index (κ3) is 7.08. The first kappa shape index (κ1) is 25.4. The lowest BCUT2D eigenvalue weighted by Crippen LogP contribution is -2.38. The smallest absolute Gasteiger partial charge is 0.254 e. The van der Waals surface area contributed by atoms with E-state index in [2.05, 4.69) is 5.32 Å². The average molecular weight is 442 g/mol. The molecule has 0 aliphatic heterocycles. The summed E-state index contributed by atoms with van der Waals surface area (Å²) in [6.07, 6.45) is 1.20. The van der Waals surface area contributed by atoms with Crippen molar-refractivity contribution in [1.82, 2.24) is 4.90 Å². The van der Waals surface area contributed by atoms with Crippen LogP contribution in [0.5, 0.6) is 0 Å². The van der Waals surface area contributed by atoms with Gasteiger partial charge in [-0.1, -0.05) is 27.7 Å². The second kappa shape index (κ2) is 10.6. The fourth-order valence-electron chi connectivity index (χ4n) is 3.50. The molecule has 5 nitrogen and oxygen atoms in total. The Labute approximate surface area is 191 Å². The molecule has 6 heteroatoms. The van der Waals surface area contributed by atoms with Gasteiger partial charge in [0.15, 0.2) is 0 Å². The number of hydrogen-bond donors (Lipinski definition) is 1. The van der Waals surface area contributed by atoms with E-state index in [4.69, 9.17) is 0 Å². The van der Waals surface area contributed by atoms with Crippen LogP contribution in [0.15, 0.2) is 42.5 Å². The summed E-state index contributed by atoms with van der Waals surface area (Å²) < 4.78 is 13.4. The highest BCUT2D eigenvalue weighted by atomic mass is 19.1. The molecule has 2 aromatic rings. The first-order chi connectivity index (χ1) is 14.9. The number of carbonyl (C=O) groups excluding carboxylic acids is 2. The predicted octanol–water partition coefficient (Wildman–Crippen LogP) is 5.71. The van der Waals surface area contributed by atoms with Crippen LogP contribution in [0.1, 0.15) is 63.4 Å². The number of amides is 2. The molecule has 0 aromatic heterocycles. The van der Waals surface area contributed by atoms with E-state index in [1.807, 2.05) is 71.8 Å². The first-order valence-electron chi connectivity index (χ1n) is 11.1. The van der Waals surface area contributed by atoms with Crippen molar-refractivity contribution in [3.8, 4) is 0 Å². The number of carbonyl (C=O) groups is 2. The van der Waals surface area contributed by atoms with Crippen molar-refractivity contribution in [2.24, 2.45) is 5.41 Å². The monoisotopic (exact) mass is 441 g/mol. The summed E-state index contributed by atoms with van der Waals surface area (Å²) in [5, 5.41) is 2.99. The normalized spacial score (nSPS) is 12.2. The van der Waals surface area contributed by atoms with Crippen LogP contribution in [0.25, 0.3) is 0 Å². The molecule has 0 aliphatic rings. The van der Waals surface area contributed by atoms with Gasteiger partial charge in [0.2, 0.25) is 5.91 Å². The number of nitrogens with one attached hydrogen (secondary N) is 1. The molecule has 0 fully saturated rings. The molecule has 0 bridgehead atoms. The summed E-state index contributed by atoms with van der Waals surface area (Å²) in [4.78, 5) is 29.5. The zero-order valence-electron chi connectivity index (χ0n) is 20.3. The fourth-order valence-corrected chi connectivity index (χ4v) is 3.50. The van der Waals surface area contributed by atoms with Crippen molar-refractivity contribution in [1.29, 1.82) is 0 Å². The number of nitrogens with zero attached hydrogens (tertiary/aromatic N) is 2. The van der Waals surface area contributed by atoms with Crippen LogP contribution in [0.3, 0.4) is 0 Å². The number of halogens is 1. The minimum atomic E-state index is -0.370. The molecular weight excluding hydrogens is 405 g/mol. The van der Waals surface area contributed by atoms with Crippen LogP contribution in [-0.2, 0) is 11.3 Å². The molecule has 1 N–H and O–H groups in total. The Bertz CT molecular complexity index is 933. The zero-order chi connectivity index (χ0) is 24.1. The molecule has 1 atom stereocenters. The maximum atomic E-state index is 13.4. The quantitative estimate of drug-likeness (QED) is 0.571. The third-order valence-electron chi connectivity index (χ3n) is 5.35. The molecule has 0 aliphatic carbocycles. The van der Waals surface area contributed by atoms with Crippen molar-refractivity contribution < 1.29 is 14.0 Å². The molecule has 0 saturated heterocycles. The number of benzene rings is 2. The van der Waals surface area contributed by atoms with E-state index in [1.165, 1.54) is 24.3 Å². The molecule has 1 unspecified atom stereocenters. The lowest BCUT2D eigenvalue weighted by atomic mass is 9.92. The summed E-state index contributed by atoms with van der Waals surface area (Å²) in [7, 11) is 3.90. The van der Waals surface area contributed by atoms with E-state index >= 15 is 0 Å². The Hall–Kier alpha value is -2.89. The summed E-state index contributed by atoms with van der Waals surface area (Å²) in [5.41, 5.74) is 2.95. The Kier molecular flexibility index (Phi) is 8.42. The van der Waals surface area contributed by atoms with E-state index in [9.17, 15) is 14.0 Å². The Morgan fingerprint density at radius 2 is 1.69 bits per heavy atom. The van der Waals surface area contributed by atoms with Gasteiger partial charge in [0.25, 0.3) is 5.91 Å². The van der Waals surface area contributed by atoms with Gasteiger partial charge in [0, 0.05) is 50.0 Å². The fraction of sp³-hybridized carbons (Fsp3) is 0.462. The van der Waals surface area contributed by atoms with Crippen molar-refractivity contribution in [2.45, 2.75) is 60.0 Å². The van der Waals surface area contributed by atoms with Gasteiger partial charge >= 0.3 is 0 Å². The molecule has 2 rings (SSSR count). The van der Waals surface area contributed by atoms with Gasteiger partial charge in [-0.2, -0.15) is 0 Å². The van der Waals surface area contributed by atoms with Crippen LogP contribution in [0.2, 0.25) is 0 Å². The largest absolute Gasteiger partial charge is 0.377 e. The predicted molar refractivity (Wildman–Crippen MR) is 129 cm³/mol. The Balaban J connectivity index is 2.37. The summed E-state index contributed by atoms with van der Waals surface area (Å²) >= 11 is 0. The summed E-state index contributed by atoms with van der Waals surface area (Å²) in [5.74, 6) is -0.557. The highest BCUT2D eigenvalue weighted by molar-refractivity contribution is 5.94. The Morgan fingerprint density at radius 3 is 2.22 bits per heavy atom. The average Bonchev–Trinajstić information content (AvgIpc) is 2.70. The molecular formula is C26H36FN3O2. The maximum absolute atomic E-state index is 13.4. The zero-order valence-corrected chi connectivity index (χ0v) is 20.3. The summed E-state index contributed by atoms with van der Waals surface area (Å²) in [6, 6.07) is 11.4. The number of anilines is 2. The third-order valence-corrected chi connectivity index (χ3v) is 5.35. The van der Waals surface area contributed by atoms with Crippen LogP contribution < -0.4 is 10.2 Å². The van der Waals surface area contributed by atoms with Gasteiger partial charge in [-0.3, -0.25) is 9.59 Å². The highest BCUT2D eigenvalue weighted by Gasteiger charge is 2.23. The van der Waals surface area contributed by atoms with Gasteiger partial charge in [-0.15, -0.1) is 0 Å². The standard InChI is InChI=1S/C26H36FN3O2/c1-8-18(2)30(25(32)19-9-11-21(27)12-10-19)17-20-15-22(13-14-23(20)29(6)7)28-24(31)16-26(3,4)5/h9-15,18H,8,16-17H2,1-7H3,(H,28,31). The van der Waals surface area contributed by atoms with Crippen LogP contribution in [0.4, 0.5) is 15.8 Å². The number of rotatable bonds is 8. The number of hydrogen-bond acceptors (Lipinski definition) is 3. The lowest BCUT2D eigenvalue weighted by molar-refractivity contribution is -0.117. The molecule has 174 valence electrons. The van der Waals surface area contributed by atoms with E-state index in [0.29, 0.717) is 24.2 Å². The lowest BCUT2D eigenvalue weighted by Gasteiger charge is -2.31. The first-order valence-corrected chi connectivity index (χ1v) is 11.1. The van der Waals surface area contributed by atoms with Gasteiger partial charge in [0.05, 0.1) is 0 Å². The van der Waals surface area contributed by atoms with E-state index < -0.39 is 0 Å². The minimum Gasteiger partial charge on any atom is -0.377 e. The molecule has 0 radical (unpaired) electrons. The molecule has 0 saturated carbocycles. The van der Waals surface area contributed by atoms with Crippen LogP contribution in [-0.4, -0.2) is 36.9 Å². The van der Waals surface area contributed by atoms with Gasteiger partial charge in [0.1, 0.15) is 5.82 Å². The molecule has 32 heavy (non-hydrogen) atoms.